The molecule has 0 aliphatic rings. The van der Waals surface area contributed by atoms with E-state index in [4.69, 9.17) is 17.3 Å². The van der Waals surface area contributed by atoms with E-state index in [9.17, 15) is 20.4 Å². The number of hydrogen-bond acceptors (Lipinski definition) is 6. The van der Waals surface area contributed by atoms with E-state index in [1.807, 2.05) is 30.3 Å². The minimum absolute atomic E-state index is 0.0758. The lowest BCUT2D eigenvalue weighted by atomic mass is 10.0. The van der Waals surface area contributed by atoms with Gasteiger partial charge in [0.25, 0.3) is 0 Å². The summed E-state index contributed by atoms with van der Waals surface area (Å²) >= 11 is 9.10. The maximum atomic E-state index is 9.99. The van der Waals surface area contributed by atoms with Crippen molar-refractivity contribution in [2.24, 2.45) is 0 Å². The Labute approximate surface area is 140 Å². The summed E-state index contributed by atoms with van der Waals surface area (Å²) in [5, 5.41) is 47.5. The van der Waals surface area contributed by atoms with E-state index in [0.29, 0.717) is 6.54 Å². The van der Waals surface area contributed by atoms with Gasteiger partial charge in [0.15, 0.2) is 0 Å². The number of thiocarbonyl (C=S) groups is 1. The summed E-state index contributed by atoms with van der Waals surface area (Å²) in [5.74, 6) is 0. The summed E-state index contributed by atoms with van der Waals surface area (Å²) < 4.78 is 0.229. The lowest BCUT2D eigenvalue weighted by Crippen LogP contribution is -2.49. The molecule has 8 heteroatoms. The molecular formula is C14H21NO5S2. The fourth-order valence-corrected chi connectivity index (χ4v) is 2.20. The highest BCUT2D eigenvalue weighted by Crippen LogP contribution is 2.12. The Balaban J connectivity index is 2.68. The van der Waals surface area contributed by atoms with Crippen LogP contribution in [0.2, 0.25) is 0 Å². The third kappa shape index (κ3) is 5.81. The fourth-order valence-electron chi connectivity index (χ4n) is 1.91. The van der Waals surface area contributed by atoms with E-state index in [0.717, 1.165) is 5.56 Å². The SMILES string of the molecule is OC[C@H](O)[C@@H](O)[C@H](O)[C@H](O)CN(Cc1ccccc1)C(=S)S. The first-order chi connectivity index (χ1) is 10.4. The molecule has 1 rings (SSSR count). The van der Waals surface area contributed by atoms with E-state index in [1.54, 1.807) is 4.90 Å². The van der Waals surface area contributed by atoms with Crippen LogP contribution in [-0.4, -0.2) is 72.3 Å². The van der Waals surface area contributed by atoms with Crippen molar-refractivity contribution < 1.29 is 25.5 Å². The smallest absolute Gasteiger partial charge is 0.133 e. The van der Waals surface area contributed by atoms with E-state index >= 15 is 0 Å². The molecule has 0 saturated carbocycles. The summed E-state index contributed by atoms with van der Waals surface area (Å²) in [6.07, 6.45) is -6.18. The van der Waals surface area contributed by atoms with Gasteiger partial charge in [0, 0.05) is 13.1 Å². The highest BCUT2D eigenvalue weighted by Gasteiger charge is 2.31. The zero-order valence-electron chi connectivity index (χ0n) is 11.9. The van der Waals surface area contributed by atoms with Gasteiger partial charge in [0.05, 0.1) is 6.61 Å². The molecule has 0 saturated heterocycles. The second kappa shape index (κ2) is 9.41. The van der Waals surface area contributed by atoms with E-state index in [1.165, 1.54) is 0 Å². The van der Waals surface area contributed by atoms with E-state index < -0.39 is 31.0 Å². The summed E-state index contributed by atoms with van der Waals surface area (Å²) in [6, 6.07) is 9.36. The average Bonchev–Trinajstić information content (AvgIpc) is 2.52. The first kappa shape index (κ1) is 19.3. The first-order valence-corrected chi connectivity index (χ1v) is 7.57. The molecule has 4 atom stereocenters. The number of rotatable bonds is 8. The van der Waals surface area contributed by atoms with Crippen LogP contribution < -0.4 is 0 Å². The first-order valence-electron chi connectivity index (χ1n) is 6.71. The molecule has 6 nitrogen and oxygen atoms in total. The Morgan fingerprint density at radius 1 is 1.05 bits per heavy atom. The average molecular weight is 347 g/mol. The second-order valence-electron chi connectivity index (χ2n) is 4.95. The fraction of sp³-hybridized carbons (Fsp3) is 0.500. The molecule has 0 aromatic heterocycles. The highest BCUT2D eigenvalue weighted by atomic mass is 32.1. The minimum Gasteiger partial charge on any atom is -0.394 e. The number of benzene rings is 1. The molecule has 0 spiro atoms. The lowest BCUT2D eigenvalue weighted by Gasteiger charge is -2.30. The summed E-state index contributed by atoms with van der Waals surface area (Å²) in [4.78, 5) is 1.56. The van der Waals surface area contributed by atoms with Crippen molar-refractivity contribution in [3.63, 3.8) is 0 Å². The van der Waals surface area contributed by atoms with Crippen LogP contribution in [0, 0.1) is 0 Å². The summed E-state index contributed by atoms with van der Waals surface area (Å²) in [7, 11) is 0. The van der Waals surface area contributed by atoms with Gasteiger partial charge in [-0.1, -0.05) is 42.5 Å². The largest absolute Gasteiger partial charge is 0.394 e. The normalized spacial score (nSPS) is 16.6. The maximum absolute atomic E-state index is 9.99. The molecule has 5 N–H and O–H groups in total. The van der Waals surface area contributed by atoms with Crippen LogP contribution in [0.3, 0.4) is 0 Å². The molecular weight excluding hydrogens is 326 g/mol. The van der Waals surface area contributed by atoms with Gasteiger partial charge >= 0.3 is 0 Å². The van der Waals surface area contributed by atoms with Gasteiger partial charge in [-0.05, 0) is 5.56 Å². The number of aliphatic hydroxyl groups is 5. The highest BCUT2D eigenvalue weighted by molar-refractivity contribution is 8.10. The zero-order valence-corrected chi connectivity index (χ0v) is 13.6. The van der Waals surface area contributed by atoms with Crippen molar-refractivity contribution in [1.82, 2.24) is 4.90 Å². The second-order valence-corrected chi connectivity index (χ2v) is 6.06. The lowest BCUT2D eigenvalue weighted by molar-refractivity contribution is -0.117. The minimum atomic E-state index is -1.66. The van der Waals surface area contributed by atoms with Gasteiger partial charge in [0.1, 0.15) is 28.7 Å². The van der Waals surface area contributed by atoms with Gasteiger partial charge in [-0.3, -0.25) is 0 Å². The number of nitrogens with zero attached hydrogens (tertiary/aromatic N) is 1. The van der Waals surface area contributed by atoms with Crippen LogP contribution in [0.4, 0.5) is 0 Å². The van der Waals surface area contributed by atoms with Crippen LogP contribution in [0.1, 0.15) is 5.56 Å². The Hall–Kier alpha value is -0.740. The quantitative estimate of drug-likeness (QED) is 0.269. The zero-order chi connectivity index (χ0) is 16.7. The van der Waals surface area contributed by atoms with Crippen molar-refractivity contribution in [1.29, 1.82) is 0 Å². The molecule has 124 valence electrons. The third-order valence-electron chi connectivity index (χ3n) is 3.22. The van der Waals surface area contributed by atoms with Crippen LogP contribution >= 0.6 is 24.8 Å². The van der Waals surface area contributed by atoms with E-state index in [2.05, 4.69) is 12.6 Å². The van der Waals surface area contributed by atoms with Crippen LogP contribution in [-0.2, 0) is 6.54 Å². The Kier molecular flexibility index (Phi) is 8.26. The number of aliphatic hydroxyl groups excluding tert-OH is 5. The molecule has 0 bridgehead atoms. The van der Waals surface area contributed by atoms with Gasteiger partial charge in [-0.15, -0.1) is 12.6 Å². The van der Waals surface area contributed by atoms with Gasteiger partial charge in [-0.2, -0.15) is 0 Å². The van der Waals surface area contributed by atoms with Crippen LogP contribution in [0.5, 0.6) is 0 Å². The third-order valence-corrected chi connectivity index (χ3v) is 3.76. The van der Waals surface area contributed by atoms with Crippen molar-refractivity contribution >= 4 is 29.2 Å². The molecule has 0 heterocycles. The standard InChI is InChI=1S/C14H21NO5S2/c16-8-11(18)13(20)12(19)10(17)7-15(14(21)22)6-9-4-2-1-3-5-9/h1-5,10-13,16-20H,6-8H2,(H,21,22)/t10-,11+,12-,13-/m1/s1. The summed E-state index contributed by atoms with van der Waals surface area (Å²) in [5.41, 5.74) is 0.941. The maximum Gasteiger partial charge on any atom is 0.133 e. The molecule has 22 heavy (non-hydrogen) atoms. The molecule has 0 radical (unpaired) electrons. The van der Waals surface area contributed by atoms with Crippen molar-refractivity contribution in [3.05, 3.63) is 35.9 Å². The van der Waals surface area contributed by atoms with Gasteiger partial charge in [0.2, 0.25) is 0 Å². The molecule has 0 aliphatic carbocycles. The predicted molar refractivity (Wildman–Crippen MR) is 89.5 cm³/mol. The molecule has 0 fully saturated rings. The molecule has 0 amide bonds. The Morgan fingerprint density at radius 2 is 1.59 bits per heavy atom. The van der Waals surface area contributed by atoms with Gasteiger partial charge < -0.3 is 30.4 Å². The van der Waals surface area contributed by atoms with Crippen molar-refractivity contribution in [2.45, 2.75) is 31.0 Å². The van der Waals surface area contributed by atoms with E-state index in [-0.39, 0.29) is 10.9 Å². The predicted octanol–water partition coefficient (Wildman–Crippen LogP) is -0.861. The van der Waals surface area contributed by atoms with Gasteiger partial charge in [-0.25, -0.2) is 0 Å². The topological polar surface area (TPSA) is 104 Å². The van der Waals surface area contributed by atoms with Crippen LogP contribution in [0.25, 0.3) is 0 Å². The summed E-state index contributed by atoms with van der Waals surface area (Å²) in [6.45, 7) is -0.414. The Bertz CT molecular complexity index is 462. The Morgan fingerprint density at radius 3 is 2.09 bits per heavy atom. The molecule has 1 aromatic rings. The van der Waals surface area contributed by atoms with Crippen LogP contribution in [0.15, 0.2) is 30.3 Å². The number of thiol groups is 1. The van der Waals surface area contributed by atoms with Crippen molar-refractivity contribution in [3.8, 4) is 0 Å². The monoisotopic (exact) mass is 347 g/mol. The number of hydrogen-bond donors (Lipinski definition) is 6. The van der Waals surface area contributed by atoms with Crippen molar-refractivity contribution in [2.75, 3.05) is 13.2 Å². The molecule has 1 aromatic carbocycles. The molecule has 0 unspecified atom stereocenters. The molecule has 0 aliphatic heterocycles.